The highest BCUT2D eigenvalue weighted by molar-refractivity contribution is 6.07. The molecule has 0 aliphatic rings. The van der Waals surface area contributed by atoms with Gasteiger partial charge in [-0.2, -0.15) is 0 Å². The van der Waals surface area contributed by atoms with E-state index in [2.05, 4.69) is 10.2 Å². The SMILES string of the molecule is CCCn1c(O)c(N=NC(=O)c2cc(-c3ccccc3)nc3ccccc23)c2cc(C)ccc21. The summed E-state index contributed by atoms with van der Waals surface area (Å²) in [6, 6.07) is 24.9. The van der Waals surface area contributed by atoms with Crippen molar-refractivity contribution in [2.24, 2.45) is 10.2 Å². The summed E-state index contributed by atoms with van der Waals surface area (Å²) in [4.78, 5) is 18.0. The molecule has 3 aromatic carbocycles. The third kappa shape index (κ3) is 3.83. The van der Waals surface area contributed by atoms with Gasteiger partial charge in [0.1, 0.15) is 0 Å². The van der Waals surface area contributed by atoms with Crippen LogP contribution in [0.15, 0.2) is 89.1 Å². The van der Waals surface area contributed by atoms with Gasteiger partial charge in [-0.25, -0.2) is 4.98 Å². The molecule has 0 aliphatic carbocycles. The number of fused-ring (bicyclic) bond motifs is 2. The smallest absolute Gasteiger partial charge is 0.296 e. The van der Waals surface area contributed by atoms with Crippen LogP contribution in [0.2, 0.25) is 0 Å². The molecule has 2 heterocycles. The van der Waals surface area contributed by atoms with E-state index in [1.165, 1.54) is 0 Å². The quantitative estimate of drug-likeness (QED) is 0.289. The topological polar surface area (TPSA) is 79.8 Å². The number of carbonyl (C=O) groups excluding carboxylic acids is 1. The van der Waals surface area contributed by atoms with E-state index < -0.39 is 5.91 Å². The van der Waals surface area contributed by atoms with Crippen LogP contribution >= 0.6 is 0 Å². The van der Waals surface area contributed by atoms with Crippen LogP contribution in [0.5, 0.6) is 5.88 Å². The van der Waals surface area contributed by atoms with Crippen LogP contribution in [0.1, 0.15) is 29.3 Å². The van der Waals surface area contributed by atoms with Gasteiger partial charge < -0.3 is 9.67 Å². The number of hydrogen-bond acceptors (Lipinski definition) is 4. The lowest BCUT2D eigenvalue weighted by Gasteiger charge is -2.07. The Balaban J connectivity index is 1.61. The molecule has 0 saturated heterocycles. The predicted octanol–water partition coefficient (Wildman–Crippen LogP) is 7.20. The van der Waals surface area contributed by atoms with Crippen LogP contribution in [0.25, 0.3) is 33.1 Å². The van der Waals surface area contributed by atoms with Crippen molar-refractivity contribution in [3.8, 4) is 17.1 Å². The molecular formula is C28H24N4O2. The molecule has 0 spiro atoms. The third-order valence-electron chi connectivity index (χ3n) is 5.87. The van der Waals surface area contributed by atoms with E-state index in [4.69, 9.17) is 4.98 Å². The van der Waals surface area contributed by atoms with E-state index >= 15 is 0 Å². The van der Waals surface area contributed by atoms with Crippen LogP contribution in [-0.2, 0) is 6.54 Å². The van der Waals surface area contributed by atoms with Crippen molar-refractivity contribution in [1.29, 1.82) is 0 Å². The number of para-hydroxylation sites is 1. The first-order valence-electron chi connectivity index (χ1n) is 11.3. The van der Waals surface area contributed by atoms with Gasteiger partial charge in [-0.15, -0.1) is 10.2 Å². The van der Waals surface area contributed by atoms with E-state index in [0.29, 0.717) is 34.4 Å². The molecule has 0 bridgehead atoms. The number of nitrogens with zero attached hydrogens (tertiary/aromatic N) is 4. The Morgan fingerprint density at radius 2 is 1.74 bits per heavy atom. The zero-order valence-electron chi connectivity index (χ0n) is 19.1. The number of carbonyl (C=O) groups is 1. The number of aromatic nitrogens is 2. The van der Waals surface area contributed by atoms with Crippen LogP contribution in [-0.4, -0.2) is 20.6 Å². The molecule has 0 saturated carbocycles. The molecule has 168 valence electrons. The fourth-order valence-electron chi connectivity index (χ4n) is 4.24. The van der Waals surface area contributed by atoms with Gasteiger partial charge in [0.05, 0.1) is 22.3 Å². The summed E-state index contributed by atoms with van der Waals surface area (Å²) in [5.41, 5.74) is 4.94. The fraction of sp³-hybridized carbons (Fsp3) is 0.143. The van der Waals surface area contributed by atoms with Gasteiger partial charge in [-0.3, -0.25) is 4.79 Å². The summed E-state index contributed by atoms with van der Waals surface area (Å²) in [5, 5.41) is 20.6. The molecule has 0 fully saturated rings. The Hall–Kier alpha value is -4.32. The number of amides is 1. The minimum absolute atomic E-state index is 0.0172. The second-order valence-electron chi connectivity index (χ2n) is 8.29. The fourth-order valence-corrected chi connectivity index (χ4v) is 4.24. The number of benzene rings is 3. The van der Waals surface area contributed by atoms with Crippen molar-refractivity contribution < 1.29 is 9.90 Å². The van der Waals surface area contributed by atoms with Crippen molar-refractivity contribution in [2.75, 3.05) is 0 Å². The van der Waals surface area contributed by atoms with Gasteiger partial charge in [0, 0.05) is 22.9 Å². The van der Waals surface area contributed by atoms with Crippen molar-refractivity contribution >= 4 is 33.4 Å². The first-order chi connectivity index (χ1) is 16.6. The maximum absolute atomic E-state index is 13.3. The molecular weight excluding hydrogens is 424 g/mol. The van der Waals surface area contributed by atoms with E-state index in [1.807, 2.05) is 91.2 Å². The normalized spacial score (nSPS) is 11.6. The molecule has 5 aromatic rings. The Morgan fingerprint density at radius 1 is 0.971 bits per heavy atom. The molecule has 1 N–H and O–H groups in total. The number of pyridine rings is 1. The summed E-state index contributed by atoms with van der Waals surface area (Å²) in [7, 11) is 0. The number of azo groups is 1. The molecule has 2 aromatic heterocycles. The molecule has 6 nitrogen and oxygen atoms in total. The van der Waals surface area contributed by atoms with Crippen molar-refractivity contribution in [2.45, 2.75) is 26.8 Å². The average Bonchev–Trinajstić information content (AvgIpc) is 3.12. The highest BCUT2D eigenvalue weighted by atomic mass is 16.3. The molecule has 0 atom stereocenters. The number of rotatable bonds is 5. The van der Waals surface area contributed by atoms with Crippen LogP contribution < -0.4 is 0 Å². The lowest BCUT2D eigenvalue weighted by molar-refractivity contribution is 0.0996. The molecule has 34 heavy (non-hydrogen) atoms. The molecule has 1 amide bonds. The summed E-state index contributed by atoms with van der Waals surface area (Å²) in [6.07, 6.45) is 0.853. The van der Waals surface area contributed by atoms with Gasteiger partial charge in [-0.1, -0.05) is 67.1 Å². The number of hydrogen-bond donors (Lipinski definition) is 1. The van der Waals surface area contributed by atoms with E-state index in [-0.39, 0.29) is 5.88 Å². The van der Waals surface area contributed by atoms with E-state index in [0.717, 1.165) is 28.5 Å². The second kappa shape index (κ2) is 8.90. The highest BCUT2D eigenvalue weighted by Crippen LogP contribution is 2.39. The Bertz CT molecular complexity index is 1550. The Labute approximate surface area is 197 Å². The summed E-state index contributed by atoms with van der Waals surface area (Å²) in [6.45, 7) is 4.67. The maximum atomic E-state index is 13.3. The first-order valence-corrected chi connectivity index (χ1v) is 11.3. The average molecular weight is 449 g/mol. The molecule has 5 rings (SSSR count). The van der Waals surface area contributed by atoms with Gasteiger partial charge >= 0.3 is 0 Å². The maximum Gasteiger partial charge on any atom is 0.296 e. The van der Waals surface area contributed by atoms with Crippen molar-refractivity contribution in [3.63, 3.8) is 0 Å². The van der Waals surface area contributed by atoms with E-state index in [1.54, 1.807) is 6.07 Å². The minimum atomic E-state index is -0.487. The summed E-state index contributed by atoms with van der Waals surface area (Å²) < 4.78 is 1.81. The zero-order valence-corrected chi connectivity index (χ0v) is 19.1. The van der Waals surface area contributed by atoms with Crippen molar-refractivity contribution in [3.05, 3.63) is 90.0 Å². The molecule has 6 heteroatoms. The zero-order chi connectivity index (χ0) is 23.7. The molecule has 0 radical (unpaired) electrons. The number of aryl methyl sites for hydroxylation is 2. The standard InChI is InChI=1S/C28H24N4O2/c1-3-15-32-25-14-13-18(2)16-22(25)26(28(32)34)30-31-27(33)21-17-24(19-9-5-4-6-10-19)29-23-12-8-7-11-20(21)23/h4-14,16-17,34H,3,15H2,1-2H3. The van der Waals surface area contributed by atoms with E-state index in [9.17, 15) is 9.90 Å². The first kappa shape index (κ1) is 21.5. The molecule has 0 aliphatic heterocycles. The van der Waals surface area contributed by atoms with Gasteiger partial charge in [0.15, 0.2) is 5.69 Å². The van der Waals surface area contributed by atoms with Crippen LogP contribution in [0.4, 0.5) is 5.69 Å². The lowest BCUT2D eigenvalue weighted by atomic mass is 10.0. The van der Waals surface area contributed by atoms with Gasteiger partial charge in [0.25, 0.3) is 5.91 Å². The largest absolute Gasteiger partial charge is 0.493 e. The third-order valence-corrected chi connectivity index (χ3v) is 5.87. The lowest BCUT2D eigenvalue weighted by Crippen LogP contribution is -1.99. The van der Waals surface area contributed by atoms with Gasteiger partial charge in [-0.05, 0) is 37.6 Å². The van der Waals surface area contributed by atoms with Gasteiger partial charge in [0.2, 0.25) is 5.88 Å². The second-order valence-corrected chi connectivity index (χ2v) is 8.29. The monoisotopic (exact) mass is 448 g/mol. The predicted molar refractivity (Wildman–Crippen MR) is 135 cm³/mol. The number of aromatic hydroxyl groups is 1. The minimum Gasteiger partial charge on any atom is -0.493 e. The Morgan fingerprint density at radius 3 is 2.53 bits per heavy atom. The molecule has 0 unspecified atom stereocenters. The summed E-state index contributed by atoms with van der Waals surface area (Å²) in [5.74, 6) is -0.470. The van der Waals surface area contributed by atoms with Crippen LogP contribution in [0.3, 0.4) is 0 Å². The Kier molecular flexibility index (Phi) is 5.64. The summed E-state index contributed by atoms with van der Waals surface area (Å²) >= 11 is 0. The highest BCUT2D eigenvalue weighted by Gasteiger charge is 2.18. The van der Waals surface area contributed by atoms with Crippen molar-refractivity contribution in [1.82, 2.24) is 9.55 Å². The van der Waals surface area contributed by atoms with Crippen LogP contribution in [0, 0.1) is 6.92 Å².